The van der Waals surface area contributed by atoms with Gasteiger partial charge >= 0.3 is 0 Å². The second-order valence-corrected chi connectivity index (χ2v) is 7.76. The summed E-state index contributed by atoms with van der Waals surface area (Å²) in [7, 11) is 0. The summed E-state index contributed by atoms with van der Waals surface area (Å²) in [5.41, 5.74) is -0.597. The van der Waals surface area contributed by atoms with E-state index in [2.05, 4.69) is 15.6 Å². The molecule has 0 atom stereocenters. The number of hydrogen-bond donors (Lipinski definition) is 2. The molecule has 146 valence electrons. The average molecular weight is 375 g/mol. The molecule has 2 aromatic rings. The molecule has 0 aliphatic carbocycles. The Kier molecular flexibility index (Phi) is 5.19. The van der Waals surface area contributed by atoms with Crippen molar-refractivity contribution in [2.75, 3.05) is 31.1 Å². The molecule has 3 rings (SSSR count). The number of nitrogens with zero attached hydrogens (tertiary/aromatic N) is 3. The molecular formula is C19H26FN5O2. The van der Waals surface area contributed by atoms with Crippen LogP contribution in [0.4, 0.5) is 10.2 Å². The topological polar surface area (TPSA) is 79.3 Å². The monoisotopic (exact) mass is 375 g/mol. The Balaban J connectivity index is 2.14. The van der Waals surface area contributed by atoms with Gasteiger partial charge in [0.05, 0.1) is 5.39 Å². The number of carbonyl (C=O) groups is 1. The molecule has 0 saturated carbocycles. The third-order valence-corrected chi connectivity index (χ3v) is 4.47. The van der Waals surface area contributed by atoms with E-state index in [0.717, 1.165) is 13.1 Å². The number of hydrogen-bond acceptors (Lipinski definition) is 5. The van der Waals surface area contributed by atoms with Crippen molar-refractivity contribution in [1.29, 1.82) is 0 Å². The second-order valence-electron chi connectivity index (χ2n) is 7.76. The van der Waals surface area contributed by atoms with Crippen LogP contribution < -0.4 is 21.0 Å². The number of halogens is 1. The lowest BCUT2D eigenvalue weighted by molar-refractivity contribution is 0.0918. The standard InChI is InChI=1S/C19H26FN5O2/c1-5-24-11-13(18(27)23-19(2,3)4)15(26)12-10-14(20)17(22-16(12)24)25-8-6-21-7-9-25/h10-11,21H,5-9H2,1-4H3,(H,23,27). The normalized spacial score (nSPS) is 15.2. The Hall–Kier alpha value is -2.48. The number of fused-ring (bicyclic) bond motifs is 1. The van der Waals surface area contributed by atoms with Crippen LogP contribution in [0.3, 0.4) is 0 Å². The summed E-state index contributed by atoms with van der Waals surface area (Å²) in [6.07, 6.45) is 1.51. The Bertz CT molecular complexity index is 926. The van der Waals surface area contributed by atoms with Gasteiger partial charge in [-0.15, -0.1) is 0 Å². The predicted molar refractivity (Wildman–Crippen MR) is 104 cm³/mol. The maximum Gasteiger partial charge on any atom is 0.257 e. The summed E-state index contributed by atoms with van der Waals surface area (Å²) < 4.78 is 16.5. The Morgan fingerprint density at radius 2 is 2.00 bits per heavy atom. The summed E-state index contributed by atoms with van der Waals surface area (Å²) in [5, 5.41) is 6.13. The van der Waals surface area contributed by atoms with E-state index in [1.54, 1.807) is 4.57 Å². The highest BCUT2D eigenvalue weighted by Crippen LogP contribution is 2.22. The van der Waals surface area contributed by atoms with Gasteiger partial charge < -0.3 is 20.1 Å². The number of anilines is 1. The molecule has 0 unspecified atom stereocenters. The third-order valence-electron chi connectivity index (χ3n) is 4.47. The zero-order valence-electron chi connectivity index (χ0n) is 16.2. The number of aryl methyl sites for hydroxylation is 1. The Labute approximate surface area is 157 Å². The number of nitrogens with one attached hydrogen (secondary N) is 2. The summed E-state index contributed by atoms with van der Waals surface area (Å²) in [5.74, 6) is -0.766. The number of amides is 1. The van der Waals surface area contributed by atoms with Crippen LogP contribution in [0.1, 0.15) is 38.1 Å². The zero-order chi connectivity index (χ0) is 19.8. The van der Waals surface area contributed by atoms with Crippen molar-refractivity contribution >= 4 is 22.8 Å². The first kappa shape index (κ1) is 19.3. The van der Waals surface area contributed by atoms with E-state index in [4.69, 9.17) is 0 Å². The molecule has 3 heterocycles. The summed E-state index contributed by atoms with van der Waals surface area (Å²) in [4.78, 5) is 31.7. The van der Waals surface area contributed by atoms with Crippen molar-refractivity contribution in [1.82, 2.24) is 20.2 Å². The highest BCUT2D eigenvalue weighted by molar-refractivity contribution is 5.97. The first-order chi connectivity index (χ1) is 12.7. The van der Waals surface area contributed by atoms with Gasteiger partial charge in [-0.2, -0.15) is 0 Å². The van der Waals surface area contributed by atoms with E-state index in [1.165, 1.54) is 12.3 Å². The number of aromatic nitrogens is 2. The molecule has 0 bridgehead atoms. The fourth-order valence-electron chi connectivity index (χ4n) is 3.19. The Morgan fingerprint density at radius 1 is 1.33 bits per heavy atom. The van der Waals surface area contributed by atoms with Gasteiger partial charge in [-0.25, -0.2) is 9.37 Å². The van der Waals surface area contributed by atoms with Gasteiger partial charge in [-0.3, -0.25) is 9.59 Å². The smallest absolute Gasteiger partial charge is 0.257 e. The molecule has 0 spiro atoms. The molecule has 0 aromatic carbocycles. The highest BCUT2D eigenvalue weighted by Gasteiger charge is 2.23. The van der Waals surface area contributed by atoms with Gasteiger partial charge in [0, 0.05) is 44.5 Å². The predicted octanol–water partition coefficient (Wildman–Crippen LogP) is 1.49. The zero-order valence-corrected chi connectivity index (χ0v) is 16.2. The molecule has 2 aromatic heterocycles. The quantitative estimate of drug-likeness (QED) is 0.850. The van der Waals surface area contributed by atoms with Crippen LogP contribution >= 0.6 is 0 Å². The van der Waals surface area contributed by atoms with Crippen molar-refractivity contribution in [2.45, 2.75) is 39.8 Å². The van der Waals surface area contributed by atoms with E-state index >= 15 is 0 Å². The minimum absolute atomic E-state index is 0.00426. The molecule has 7 nitrogen and oxygen atoms in total. The van der Waals surface area contributed by atoms with Crippen LogP contribution in [-0.2, 0) is 6.54 Å². The molecule has 1 amide bonds. The van der Waals surface area contributed by atoms with Crippen LogP contribution in [0.2, 0.25) is 0 Å². The first-order valence-corrected chi connectivity index (χ1v) is 9.23. The van der Waals surface area contributed by atoms with E-state index in [0.29, 0.717) is 25.3 Å². The van der Waals surface area contributed by atoms with E-state index < -0.39 is 22.7 Å². The van der Waals surface area contributed by atoms with E-state index in [1.807, 2.05) is 32.6 Å². The molecule has 0 radical (unpaired) electrons. The molecule has 2 N–H and O–H groups in total. The maximum absolute atomic E-state index is 14.8. The first-order valence-electron chi connectivity index (χ1n) is 9.23. The van der Waals surface area contributed by atoms with Crippen LogP contribution in [0.25, 0.3) is 11.0 Å². The van der Waals surface area contributed by atoms with Gasteiger partial charge in [0.1, 0.15) is 11.2 Å². The highest BCUT2D eigenvalue weighted by atomic mass is 19.1. The molecule has 1 aliphatic heterocycles. The van der Waals surface area contributed by atoms with Crippen molar-refractivity contribution in [3.05, 3.63) is 33.9 Å². The molecule has 27 heavy (non-hydrogen) atoms. The molecule has 8 heteroatoms. The fourth-order valence-corrected chi connectivity index (χ4v) is 3.19. The number of pyridine rings is 2. The fraction of sp³-hybridized carbons (Fsp3) is 0.526. The van der Waals surface area contributed by atoms with Crippen LogP contribution in [0.5, 0.6) is 0 Å². The van der Waals surface area contributed by atoms with Crippen molar-refractivity contribution in [3.63, 3.8) is 0 Å². The van der Waals surface area contributed by atoms with Crippen LogP contribution in [0, 0.1) is 5.82 Å². The van der Waals surface area contributed by atoms with Crippen molar-refractivity contribution in [2.24, 2.45) is 0 Å². The third kappa shape index (κ3) is 3.95. The van der Waals surface area contributed by atoms with Crippen LogP contribution in [-0.4, -0.2) is 47.2 Å². The maximum atomic E-state index is 14.8. The van der Waals surface area contributed by atoms with E-state index in [9.17, 15) is 14.0 Å². The van der Waals surface area contributed by atoms with Gasteiger partial charge in [-0.05, 0) is 33.8 Å². The van der Waals surface area contributed by atoms with E-state index in [-0.39, 0.29) is 16.8 Å². The van der Waals surface area contributed by atoms with Crippen molar-refractivity contribution in [3.8, 4) is 0 Å². The SMILES string of the molecule is CCn1cc(C(=O)NC(C)(C)C)c(=O)c2cc(F)c(N3CCNCC3)nc21. The lowest BCUT2D eigenvalue weighted by Crippen LogP contribution is -2.44. The second kappa shape index (κ2) is 7.26. The molecule has 1 saturated heterocycles. The summed E-state index contributed by atoms with van der Waals surface area (Å²) >= 11 is 0. The van der Waals surface area contributed by atoms with Gasteiger partial charge in [0.25, 0.3) is 5.91 Å². The number of piperazine rings is 1. The van der Waals surface area contributed by atoms with Crippen LogP contribution in [0.15, 0.2) is 17.1 Å². The van der Waals surface area contributed by atoms with Gasteiger partial charge in [0.2, 0.25) is 5.43 Å². The molecule has 1 fully saturated rings. The lowest BCUT2D eigenvalue weighted by Gasteiger charge is -2.29. The number of rotatable bonds is 3. The average Bonchev–Trinajstić information content (AvgIpc) is 2.61. The summed E-state index contributed by atoms with van der Waals surface area (Å²) in [6, 6.07) is 1.21. The summed E-state index contributed by atoms with van der Waals surface area (Å²) in [6.45, 7) is 10.7. The van der Waals surface area contributed by atoms with Gasteiger partial charge in [0.15, 0.2) is 11.6 Å². The molecule has 1 aliphatic rings. The minimum Gasteiger partial charge on any atom is -0.352 e. The minimum atomic E-state index is -0.544. The molecular weight excluding hydrogens is 349 g/mol. The lowest BCUT2D eigenvalue weighted by atomic mass is 10.1. The Morgan fingerprint density at radius 3 is 2.59 bits per heavy atom. The van der Waals surface area contributed by atoms with Crippen molar-refractivity contribution < 1.29 is 9.18 Å². The number of carbonyl (C=O) groups excluding carboxylic acids is 1. The largest absolute Gasteiger partial charge is 0.352 e. The van der Waals surface area contributed by atoms with Gasteiger partial charge in [-0.1, -0.05) is 0 Å².